The Morgan fingerprint density at radius 3 is 2.27 bits per heavy atom. The third-order valence-corrected chi connectivity index (χ3v) is 2.71. The van der Waals surface area contributed by atoms with Crippen molar-refractivity contribution in [2.75, 3.05) is 0 Å². The van der Waals surface area contributed by atoms with Crippen LogP contribution in [0.15, 0.2) is 42.0 Å². The van der Waals surface area contributed by atoms with Crippen LogP contribution in [0.5, 0.6) is 0 Å². The summed E-state index contributed by atoms with van der Waals surface area (Å²) in [4.78, 5) is 0. The summed E-state index contributed by atoms with van der Waals surface area (Å²) in [5.74, 6) is 1.32. The molecule has 0 saturated carbocycles. The summed E-state index contributed by atoms with van der Waals surface area (Å²) in [7, 11) is 0. The van der Waals surface area contributed by atoms with Crippen molar-refractivity contribution in [3.05, 3.63) is 47.5 Å². The molecule has 0 aliphatic heterocycles. The predicted octanol–water partition coefficient (Wildman–Crippen LogP) is 4.78. The highest BCUT2D eigenvalue weighted by Gasteiger charge is 2.08. The fraction of sp³-hybridized carbons (Fsp3) is 0.467. The lowest BCUT2D eigenvalue weighted by Crippen LogP contribution is -2.00. The largest absolute Gasteiger partial charge is 0.0830 e. The van der Waals surface area contributed by atoms with Gasteiger partial charge in [-0.2, -0.15) is 0 Å². The topological polar surface area (TPSA) is 0 Å². The Hall–Kier alpha value is -1.04. The standard InChI is InChI=1S/C15H22/c1-12(2)10-13(3)11-14(4)15-8-6-5-7-9-15/h5-10,13-14H,11H2,1-4H3. The lowest BCUT2D eigenvalue weighted by Gasteiger charge is -2.15. The van der Waals surface area contributed by atoms with Crippen molar-refractivity contribution < 1.29 is 0 Å². The lowest BCUT2D eigenvalue weighted by molar-refractivity contribution is 0.565. The first-order chi connectivity index (χ1) is 7.09. The minimum atomic E-state index is 0.650. The summed E-state index contributed by atoms with van der Waals surface area (Å²) >= 11 is 0. The summed E-state index contributed by atoms with van der Waals surface area (Å²) in [5.41, 5.74) is 2.87. The highest BCUT2D eigenvalue weighted by Crippen LogP contribution is 2.24. The van der Waals surface area contributed by atoms with E-state index < -0.39 is 0 Å². The molecule has 0 radical (unpaired) electrons. The monoisotopic (exact) mass is 202 g/mol. The third-order valence-electron chi connectivity index (χ3n) is 2.71. The maximum atomic E-state index is 2.36. The number of hydrogen-bond donors (Lipinski definition) is 0. The minimum Gasteiger partial charge on any atom is -0.0830 e. The fourth-order valence-corrected chi connectivity index (χ4v) is 2.11. The van der Waals surface area contributed by atoms with E-state index in [4.69, 9.17) is 0 Å². The van der Waals surface area contributed by atoms with Gasteiger partial charge in [0.25, 0.3) is 0 Å². The first-order valence-corrected chi connectivity index (χ1v) is 5.79. The molecule has 82 valence electrons. The van der Waals surface area contributed by atoms with Crippen LogP contribution in [0, 0.1) is 5.92 Å². The molecule has 1 rings (SSSR count). The van der Waals surface area contributed by atoms with Crippen molar-refractivity contribution in [1.29, 1.82) is 0 Å². The van der Waals surface area contributed by atoms with Gasteiger partial charge in [-0.25, -0.2) is 0 Å². The normalized spacial score (nSPS) is 14.4. The summed E-state index contributed by atoms with van der Waals surface area (Å²) in [6, 6.07) is 10.8. The van der Waals surface area contributed by atoms with Crippen LogP contribution in [0.1, 0.15) is 45.6 Å². The van der Waals surface area contributed by atoms with Crippen molar-refractivity contribution in [2.45, 2.75) is 40.0 Å². The van der Waals surface area contributed by atoms with Gasteiger partial charge in [-0.15, -0.1) is 0 Å². The molecule has 1 aromatic carbocycles. The predicted molar refractivity (Wildman–Crippen MR) is 68.1 cm³/mol. The maximum Gasteiger partial charge on any atom is -0.0185 e. The fourth-order valence-electron chi connectivity index (χ4n) is 2.11. The second kappa shape index (κ2) is 5.75. The third kappa shape index (κ3) is 4.33. The molecule has 0 saturated heterocycles. The van der Waals surface area contributed by atoms with Gasteiger partial charge in [-0.05, 0) is 37.7 Å². The molecular weight excluding hydrogens is 180 g/mol. The molecule has 0 amide bonds. The van der Waals surface area contributed by atoms with E-state index in [0.29, 0.717) is 11.8 Å². The van der Waals surface area contributed by atoms with E-state index in [-0.39, 0.29) is 0 Å². The molecular formula is C15H22. The summed E-state index contributed by atoms with van der Waals surface area (Å²) in [5, 5.41) is 0. The van der Waals surface area contributed by atoms with Crippen LogP contribution < -0.4 is 0 Å². The first kappa shape index (κ1) is 12.0. The Labute approximate surface area is 94.0 Å². The average molecular weight is 202 g/mol. The van der Waals surface area contributed by atoms with Gasteiger partial charge >= 0.3 is 0 Å². The van der Waals surface area contributed by atoms with Gasteiger partial charge in [0.05, 0.1) is 0 Å². The molecule has 0 aliphatic carbocycles. The van der Waals surface area contributed by atoms with Crippen molar-refractivity contribution in [1.82, 2.24) is 0 Å². The Bertz CT molecular complexity index is 304. The number of rotatable bonds is 4. The van der Waals surface area contributed by atoms with Crippen LogP contribution in [0.3, 0.4) is 0 Å². The molecule has 0 bridgehead atoms. The molecule has 15 heavy (non-hydrogen) atoms. The molecule has 0 aliphatic rings. The van der Waals surface area contributed by atoms with Crippen LogP contribution in [0.4, 0.5) is 0 Å². The zero-order valence-corrected chi connectivity index (χ0v) is 10.3. The maximum absolute atomic E-state index is 2.36. The van der Waals surface area contributed by atoms with E-state index in [0.717, 1.165) is 0 Å². The smallest absolute Gasteiger partial charge is 0.0185 e. The minimum absolute atomic E-state index is 0.650. The molecule has 2 unspecified atom stereocenters. The van der Waals surface area contributed by atoms with Gasteiger partial charge in [0.1, 0.15) is 0 Å². The lowest BCUT2D eigenvalue weighted by atomic mass is 9.90. The van der Waals surface area contributed by atoms with Crippen molar-refractivity contribution >= 4 is 0 Å². The molecule has 0 spiro atoms. The molecule has 2 atom stereocenters. The van der Waals surface area contributed by atoms with Crippen molar-refractivity contribution in [3.63, 3.8) is 0 Å². The van der Waals surface area contributed by atoms with E-state index in [1.807, 2.05) is 0 Å². The van der Waals surface area contributed by atoms with Gasteiger partial charge in [-0.1, -0.05) is 55.8 Å². The van der Waals surface area contributed by atoms with Crippen LogP contribution in [0.25, 0.3) is 0 Å². The average Bonchev–Trinajstić information content (AvgIpc) is 2.17. The van der Waals surface area contributed by atoms with E-state index in [1.54, 1.807) is 0 Å². The quantitative estimate of drug-likeness (QED) is 0.616. The second-order valence-electron chi connectivity index (χ2n) is 4.77. The van der Waals surface area contributed by atoms with Crippen LogP contribution in [-0.4, -0.2) is 0 Å². The number of benzene rings is 1. The molecule has 1 aromatic rings. The van der Waals surface area contributed by atoms with Crippen LogP contribution >= 0.6 is 0 Å². The van der Waals surface area contributed by atoms with Crippen molar-refractivity contribution in [2.24, 2.45) is 5.92 Å². The van der Waals surface area contributed by atoms with E-state index >= 15 is 0 Å². The van der Waals surface area contributed by atoms with Crippen molar-refractivity contribution in [3.8, 4) is 0 Å². The summed E-state index contributed by atoms with van der Waals surface area (Å²) in [6.07, 6.45) is 3.59. The van der Waals surface area contributed by atoms with E-state index in [9.17, 15) is 0 Å². The SMILES string of the molecule is CC(C)=CC(C)CC(C)c1ccccc1. The van der Waals surface area contributed by atoms with Crippen LogP contribution in [0.2, 0.25) is 0 Å². The van der Waals surface area contributed by atoms with E-state index in [1.165, 1.54) is 17.6 Å². The van der Waals surface area contributed by atoms with Gasteiger partial charge < -0.3 is 0 Å². The summed E-state index contributed by atoms with van der Waals surface area (Å²) in [6.45, 7) is 8.95. The zero-order chi connectivity index (χ0) is 11.3. The summed E-state index contributed by atoms with van der Waals surface area (Å²) < 4.78 is 0. The Balaban J connectivity index is 2.56. The second-order valence-corrected chi connectivity index (χ2v) is 4.77. The molecule has 0 N–H and O–H groups in total. The molecule has 0 fully saturated rings. The van der Waals surface area contributed by atoms with Crippen LogP contribution in [-0.2, 0) is 0 Å². The van der Waals surface area contributed by atoms with Gasteiger partial charge in [0, 0.05) is 0 Å². The molecule has 0 heteroatoms. The number of hydrogen-bond acceptors (Lipinski definition) is 0. The first-order valence-electron chi connectivity index (χ1n) is 5.79. The van der Waals surface area contributed by atoms with Gasteiger partial charge in [-0.3, -0.25) is 0 Å². The molecule has 0 heterocycles. The van der Waals surface area contributed by atoms with Gasteiger partial charge in [0.15, 0.2) is 0 Å². The van der Waals surface area contributed by atoms with E-state index in [2.05, 4.69) is 64.1 Å². The Morgan fingerprint density at radius 1 is 1.13 bits per heavy atom. The molecule has 0 nitrogen and oxygen atoms in total. The highest BCUT2D eigenvalue weighted by atomic mass is 14.1. The Kier molecular flexibility index (Phi) is 4.61. The highest BCUT2D eigenvalue weighted by molar-refractivity contribution is 5.19. The van der Waals surface area contributed by atoms with Gasteiger partial charge in [0.2, 0.25) is 0 Å². The zero-order valence-electron chi connectivity index (χ0n) is 10.3. The molecule has 0 aromatic heterocycles. The Morgan fingerprint density at radius 2 is 1.73 bits per heavy atom. The number of allylic oxidation sites excluding steroid dienone is 2.